The van der Waals surface area contributed by atoms with Crippen molar-refractivity contribution in [3.8, 4) is 0 Å². The Kier molecular flexibility index (Phi) is 9.34. The number of fused-ring (bicyclic) bond motifs is 3. The van der Waals surface area contributed by atoms with Gasteiger partial charge in [-0.05, 0) is 43.0 Å². The molecule has 2 saturated heterocycles. The van der Waals surface area contributed by atoms with Crippen molar-refractivity contribution in [3.05, 3.63) is 34.8 Å². The number of ether oxygens (including phenoxy) is 3. The molecule has 1 amide bonds. The van der Waals surface area contributed by atoms with Crippen molar-refractivity contribution in [3.63, 3.8) is 0 Å². The van der Waals surface area contributed by atoms with Gasteiger partial charge in [0.05, 0.1) is 30.8 Å². The zero-order valence-electron chi connectivity index (χ0n) is 18.5. The van der Waals surface area contributed by atoms with Gasteiger partial charge in [0.15, 0.2) is 11.3 Å². The van der Waals surface area contributed by atoms with Crippen LogP contribution in [-0.2, 0) is 20.8 Å². The molecule has 2 aliphatic rings. The number of halogens is 2. The molecule has 1 N–H and O–H groups in total. The molecule has 1 aromatic carbocycles. The van der Waals surface area contributed by atoms with Gasteiger partial charge in [0.1, 0.15) is 4.88 Å². The van der Waals surface area contributed by atoms with Crippen molar-refractivity contribution in [1.82, 2.24) is 19.6 Å². The van der Waals surface area contributed by atoms with Gasteiger partial charge < -0.3 is 24.4 Å². The van der Waals surface area contributed by atoms with Gasteiger partial charge in [-0.15, -0.1) is 24.8 Å². The molecular weight excluding hydrogens is 487 g/mol. The monoisotopic (exact) mass is 516 g/mol. The molecule has 2 fully saturated rings. The lowest BCUT2D eigenvalue weighted by atomic mass is 10.0. The number of thiazole rings is 1. The zero-order valence-corrected chi connectivity index (χ0v) is 21.0. The summed E-state index contributed by atoms with van der Waals surface area (Å²) < 4.78 is 18.3. The highest BCUT2D eigenvalue weighted by Gasteiger charge is 2.23. The van der Waals surface area contributed by atoms with Gasteiger partial charge in [-0.1, -0.05) is 17.4 Å². The molecule has 0 atom stereocenters. The molecule has 2 aliphatic heterocycles. The minimum atomic E-state index is -0.336. The summed E-state index contributed by atoms with van der Waals surface area (Å²) in [6.07, 6.45) is 3.83. The lowest BCUT2D eigenvalue weighted by Gasteiger charge is -2.22. The predicted octanol–water partition coefficient (Wildman–Crippen LogP) is 3.35. The van der Waals surface area contributed by atoms with Crippen LogP contribution in [0.4, 0.5) is 0 Å². The highest BCUT2D eigenvalue weighted by molar-refractivity contribution is 7.18. The minimum Gasteiger partial charge on any atom is -0.381 e. The van der Waals surface area contributed by atoms with Crippen LogP contribution in [-0.4, -0.2) is 73.0 Å². The largest absolute Gasteiger partial charge is 0.381 e. The van der Waals surface area contributed by atoms with Crippen LogP contribution in [0.15, 0.2) is 24.4 Å². The second kappa shape index (κ2) is 11.8. The normalized spacial score (nSPS) is 17.2. The van der Waals surface area contributed by atoms with Gasteiger partial charge in [-0.25, -0.2) is 4.98 Å². The molecule has 0 spiro atoms. The van der Waals surface area contributed by atoms with Crippen LogP contribution in [0.1, 0.15) is 28.1 Å². The molecule has 0 saturated carbocycles. The number of nitrogens with one attached hydrogen (secondary N) is 1. The molecule has 0 unspecified atom stereocenters. The number of hydrogen-bond donors (Lipinski definition) is 1. The number of benzene rings is 1. The van der Waals surface area contributed by atoms with Crippen LogP contribution < -0.4 is 5.32 Å². The Balaban J connectivity index is 0.00000153. The number of carbonyl (C=O) groups is 1. The van der Waals surface area contributed by atoms with Crippen LogP contribution in [0, 0.1) is 5.92 Å². The van der Waals surface area contributed by atoms with E-state index >= 15 is 0 Å². The van der Waals surface area contributed by atoms with E-state index in [4.69, 9.17) is 19.2 Å². The summed E-state index contributed by atoms with van der Waals surface area (Å²) in [6.45, 7) is 5.20. The Morgan fingerprint density at radius 1 is 1.21 bits per heavy atom. The number of amides is 1. The Labute approximate surface area is 209 Å². The van der Waals surface area contributed by atoms with Gasteiger partial charge in [0.2, 0.25) is 0 Å². The van der Waals surface area contributed by atoms with E-state index in [1.165, 1.54) is 16.9 Å². The first-order valence-corrected chi connectivity index (χ1v) is 11.7. The first-order chi connectivity index (χ1) is 15.2. The van der Waals surface area contributed by atoms with Crippen molar-refractivity contribution < 1.29 is 19.0 Å². The molecule has 5 rings (SSSR count). The first-order valence-electron chi connectivity index (χ1n) is 10.8. The SMILES string of the molecule is CN(CC1OCCO1)C(=O)c1cn2c(nc3cc(CNCC4CCOCC4)ccc32)s1.Cl.Cl. The highest BCUT2D eigenvalue weighted by atomic mass is 35.5. The Hall–Kier alpha value is -1.46. The van der Waals surface area contributed by atoms with E-state index in [2.05, 4.69) is 23.5 Å². The maximum atomic E-state index is 12.8. The van der Waals surface area contributed by atoms with Crippen LogP contribution >= 0.6 is 36.2 Å². The molecular formula is C22H30Cl2N4O4S. The van der Waals surface area contributed by atoms with Gasteiger partial charge in [-0.2, -0.15) is 0 Å². The average Bonchev–Trinajstić information content (AvgIpc) is 3.50. The number of carbonyl (C=O) groups excluding carboxylic acids is 1. The summed E-state index contributed by atoms with van der Waals surface area (Å²) in [7, 11) is 1.77. The maximum absolute atomic E-state index is 12.8. The van der Waals surface area contributed by atoms with E-state index in [1.54, 1.807) is 11.9 Å². The smallest absolute Gasteiger partial charge is 0.265 e. The third kappa shape index (κ3) is 5.97. The van der Waals surface area contributed by atoms with E-state index in [1.807, 2.05) is 10.6 Å². The minimum absolute atomic E-state index is 0. The summed E-state index contributed by atoms with van der Waals surface area (Å²) in [5.74, 6) is 0.660. The van der Waals surface area contributed by atoms with E-state index in [9.17, 15) is 4.79 Å². The highest BCUT2D eigenvalue weighted by Crippen LogP contribution is 2.25. The summed E-state index contributed by atoms with van der Waals surface area (Å²) in [5, 5.41) is 3.57. The molecule has 2 aromatic heterocycles. The third-order valence-corrected chi connectivity index (χ3v) is 6.91. The number of likely N-dealkylation sites (N-methyl/N-ethyl adjacent to an activating group) is 1. The van der Waals surface area contributed by atoms with Crippen molar-refractivity contribution in [2.45, 2.75) is 25.7 Å². The number of nitrogens with zero attached hydrogens (tertiary/aromatic N) is 3. The van der Waals surface area contributed by atoms with Crippen LogP contribution in [0.5, 0.6) is 0 Å². The van der Waals surface area contributed by atoms with Gasteiger partial charge in [0, 0.05) is 33.0 Å². The van der Waals surface area contributed by atoms with Crippen molar-refractivity contribution in [1.29, 1.82) is 0 Å². The number of imidazole rings is 1. The Bertz CT molecular complexity index is 1060. The lowest BCUT2D eigenvalue weighted by molar-refractivity contribution is -0.0542. The standard InChI is InChI=1S/C22H28N4O4S.2ClH/c1-25(14-20-29-8-9-30-20)21(27)19-13-26-18-3-2-16(10-17(18)24-22(26)31-19)12-23-11-15-4-6-28-7-5-15;;/h2-3,10,13,15,20,23H,4-9,11-12,14H2,1H3;2*1H. The van der Waals surface area contributed by atoms with Gasteiger partial charge in [-0.3, -0.25) is 9.20 Å². The van der Waals surface area contributed by atoms with E-state index in [0.29, 0.717) is 30.6 Å². The fraction of sp³-hybridized carbons (Fsp3) is 0.545. The molecule has 0 aliphatic carbocycles. The second-order valence-electron chi connectivity index (χ2n) is 8.23. The third-order valence-electron chi connectivity index (χ3n) is 5.94. The van der Waals surface area contributed by atoms with Crippen LogP contribution in [0.25, 0.3) is 16.0 Å². The summed E-state index contributed by atoms with van der Waals surface area (Å²) >= 11 is 1.41. The van der Waals surface area contributed by atoms with Crippen LogP contribution in [0.3, 0.4) is 0 Å². The van der Waals surface area contributed by atoms with E-state index in [-0.39, 0.29) is 37.0 Å². The van der Waals surface area contributed by atoms with E-state index < -0.39 is 0 Å². The van der Waals surface area contributed by atoms with Gasteiger partial charge >= 0.3 is 0 Å². The zero-order chi connectivity index (χ0) is 21.2. The second-order valence-corrected chi connectivity index (χ2v) is 9.24. The fourth-order valence-electron chi connectivity index (χ4n) is 4.15. The fourth-order valence-corrected chi connectivity index (χ4v) is 5.14. The number of aromatic nitrogens is 2. The summed E-state index contributed by atoms with van der Waals surface area (Å²) in [5.41, 5.74) is 3.19. The van der Waals surface area contributed by atoms with Gasteiger partial charge in [0.25, 0.3) is 5.91 Å². The number of hydrogen-bond acceptors (Lipinski definition) is 7. The topological polar surface area (TPSA) is 77.3 Å². The molecule has 4 heterocycles. The van der Waals surface area contributed by atoms with Crippen molar-refractivity contribution in [2.75, 3.05) is 46.6 Å². The summed E-state index contributed by atoms with van der Waals surface area (Å²) in [6, 6.07) is 6.35. The Morgan fingerprint density at radius 2 is 1.97 bits per heavy atom. The first kappa shape index (κ1) is 26.2. The lowest BCUT2D eigenvalue weighted by Crippen LogP contribution is -2.34. The molecule has 8 nitrogen and oxygen atoms in total. The molecule has 11 heteroatoms. The Morgan fingerprint density at radius 3 is 2.73 bits per heavy atom. The molecule has 3 aromatic rings. The van der Waals surface area contributed by atoms with E-state index in [0.717, 1.165) is 55.1 Å². The molecule has 0 radical (unpaired) electrons. The van der Waals surface area contributed by atoms with Crippen LogP contribution in [0.2, 0.25) is 0 Å². The predicted molar refractivity (Wildman–Crippen MR) is 133 cm³/mol. The van der Waals surface area contributed by atoms with Crippen molar-refractivity contribution >= 4 is 58.1 Å². The molecule has 182 valence electrons. The average molecular weight is 517 g/mol. The van der Waals surface area contributed by atoms with Crippen molar-refractivity contribution in [2.24, 2.45) is 5.92 Å². The maximum Gasteiger partial charge on any atom is 0.265 e. The number of rotatable bonds is 7. The summed E-state index contributed by atoms with van der Waals surface area (Å²) in [4.78, 5) is 20.7. The molecule has 0 bridgehead atoms. The molecule has 33 heavy (non-hydrogen) atoms. The quantitative estimate of drug-likeness (QED) is 0.518.